The van der Waals surface area contributed by atoms with Crippen molar-refractivity contribution in [2.75, 3.05) is 38.2 Å². The molecule has 2 heterocycles. The zero-order chi connectivity index (χ0) is 32.2. The van der Waals surface area contributed by atoms with Gasteiger partial charge in [-0.2, -0.15) is 5.10 Å². The van der Waals surface area contributed by atoms with Crippen molar-refractivity contribution < 1.29 is 16.7 Å². The van der Waals surface area contributed by atoms with Crippen LogP contribution in [0.2, 0.25) is 0 Å². The highest BCUT2D eigenvalue weighted by Gasteiger charge is 2.25. The van der Waals surface area contributed by atoms with Crippen LogP contribution in [-0.2, 0) is 3.79 Å². The van der Waals surface area contributed by atoms with Gasteiger partial charge in [0.25, 0.3) is 0 Å². The molecule has 0 saturated heterocycles. The fraction of sp³-hybridized carbons (Fsp3) is 0.250. The zero-order valence-corrected chi connectivity index (χ0v) is 29.5. The molecule has 0 atom stereocenters. The maximum atomic E-state index is 6.70. The molecule has 8 nitrogen and oxygen atoms in total. The second-order valence-corrected chi connectivity index (χ2v) is 12.3. The summed E-state index contributed by atoms with van der Waals surface area (Å²) in [5.41, 5.74) is 6.51. The Morgan fingerprint density at radius 1 is 0.870 bits per heavy atom. The van der Waals surface area contributed by atoms with Crippen molar-refractivity contribution in [3.05, 3.63) is 93.8 Å². The van der Waals surface area contributed by atoms with Crippen molar-refractivity contribution in [3.63, 3.8) is 0 Å². The van der Waals surface area contributed by atoms with Gasteiger partial charge in [0.15, 0.2) is 5.75 Å². The van der Waals surface area contributed by atoms with Gasteiger partial charge in [-0.3, -0.25) is 0 Å². The lowest BCUT2D eigenvalue weighted by molar-refractivity contribution is 0.382. The third kappa shape index (κ3) is 6.17. The van der Waals surface area contributed by atoms with Crippen LogP contribution in [-0.4, -0.2) is 61.3 Å². The van der Waals surface area contributed by atoms with E-state index >= 15 is 0 Å². The van der Waals surface area contributed by atoms with Crippen LogP contribution in [0.15, 0.2) is 91.9 Å². The molecule has 233 valence electrons. The van der Waals surface area contributed by atoms with Crippen LogP contribution in [0.4, 0.5) is 5.69 Å². The van der Waals surface area contributed by atoms with Crippen molar-refractivity contribution in [3.8, 4) is 33.9 Å². The Morgan fingerprint density at radius 3 is 2.39 bits per heavy atom. The van der Waals surface area contributed by atoms with Crippen LogP contribution in [0.1, 0.15) is 38.8 Å². The van der Waals surface area contributed by atoms with E-state index in [4.69, 9.17) is 16.7 Å². The third-order valence-electron chi connectivity index (χ3n) is 8.31. The van der Waals surface area contributed by atoms with Gasteiger partial charge < -0.3 is 21.6 Å². The molecule has 0 bridgehead atoms. The molecule has 2 aliphatic heterocycles. The number of halogens is 1. The van der Waals surface area contributed by atoms with Crippen LogP contribution in [0, 0.1) is 0 Å². The lowest BCUT2D eigenvalue weighted by atomic mass is 9.90. The van der Waals surface area contributed by atoms with E-state index in [-0.39, 0.29) is 0 Å². The van der Waals surface area contributed by atoms with Gasteiger partial charge in [0.1, 0.15) is 30.2 Å². The van der Waals surface area contributed by atoms with Gasteiger partial charge in [-0.15, -0.1) is 5.10 Å². The van der Waals surface area contributed by atoms with Crippen LogP contribution >= 0.6 is 15.9 Å². The zero-order valence-electron chi connectivity index (χ0n) is 26.7. The monoisotopic (exact) mass is 694 g/mol. The quantitative estimate of drug-likeness (QED) is 0.0965. The molecule has 3 aromatic rings. The summed E-state index contributed by atoms with van der Waals surface area (Å²) in [5, 5.41) is 11.1. The van der Waals surface area contributed by atoms with E-state index in [0.717, 1.165) is 86.2 Å². The molecule has 3 aliphatic rings. The van der Waals surface area contributed by atoms with E-state index in [1.807, 2.05) is 30.3 Å². The first-order chi connectivity index (χ1) is 22.5. The Morgan fingerprint density at radius 2 is 1.65 bits per heavy atom. The van der Waals surface area contributed by atoms with Gasteiger partial charge >= 0.3 is 15.9 Å². The first-order valence-electron chi connectivity index (χ1n) is 15.6. The van der Waals surface area contributed by atoms with E-state index in [9.17, 15) is 0 Å². The summed E-state index contributed by atoms with van der Waals surface area (Å²) in [5.74, 6) is 2.36. The normalized spacial score (nSPS) is 14.4. The predicted octanol–water partition coefficient (Wildman–Crippen LogP) is 7.36. The largest absolute Gasteiger partial charge is 0.883 e. The van der Waals surface area contributed by atoms with Gasteiger partial charge in [-0.25, -0.2) is 4.58 Å². The second-order valence-electron chi connectivity index (χ2n) is 10.7. The van der Waals surface area contributed by atoms with Gasteiger partial charge in [0.2, 0.25) is 11.3 Å². The molecule has 0 saturated carbocycles. The lowest BCUT2D eigenvalue weighted by Gasteiger charge is -2.23. The number of rotatable bonds is 8. The summed E-state index contributed by atoms with van der Waals surface area (Å²) >= 11 is 2.57. The van der Waals surface area contributed by atoms with Crippen LogP contribution in [0.25, 0.3) is 33.4 Å². The number of anilines is 1. The fourth-order valence-electron chi connectivity index (χ4n) is 5.98. The van der Waals surface area contributed by atoms with E-state index in [1.54, 1.807) is 13.3 Å². The van der Waals surface area contributed by atoms with Crippen molar-refractivity contribution >= 4 is 60.6 Å². The summed E-state index contributed by atoms with van der Waals surface area (Å²) < 4.78 is 27.9. The Bertz CT molecular complexity index is 1990. The molecule has 0 fully saturated rings. The number of hydrogen-bond acceptors (Lipinski definition) is 7. The summed E-state index contributed by atoms with van der Waals surface area (Å²) in [6, 6.07) is 24.9. The Balaban J connectivity index is 1.57. The SMILES string of the molecule is CCN(CC)c1ccc2c(-c3ccccc3/C3=N/N=C/c4cc(Br)cc(OC)c4[O][Al][O]3)c3ccc(=[N+](CC)CC)cc-3oc2c1. The van der Waals surface area contributed by atoms with Crippen LogP contribution in [0.3, 0.4) is 0 Å². The number of benzene rings is 4. The van der Waals surface area contributed by atoms with Crippen molar-refractivity contribution in [2.24, 2.45) is 10.2 Å². The molecule has 46 heavy (non-hydrogen) atoms. The van der Waals surface area contributed by atoms with Gasteiger partial charge in [-0.1, -0.05) is 34.1 Å². The van der Waals surface area contributed by atoms with E-state index in [1.165, 1.54) is 0 Å². The molecule has 1 radical (unpaired) electrons. The molecule has 0 unspecified atom stereocenters. The van der Waals surface area contributed by atoms with Gasteiger partial charge in [-0.05, 0) is 69.7 Å². The third-order valence-corrected chi connectivity index (χ3v) is 9.42. The molecule has 0 N–H and O–H groups in total. The maximum Gasteiger partial charge on any atom is 0.883 e. The molecule has 0 spiro atoms. The summed E-state index contributed by atoms with van der Waals surface area (Å²) in [7, 11) is 1.61. The van der Waals surface area contributed by atoms with E-state index < -0.39 is 15.9 Å². The smallest absolute Gasteiger partial charge is 0.613 e. The molecule has 6 rings (SSSR count). The topological polar surface area (TPSA) is 71.8 Å². The predicted molar refractivity (Wildman–Crippen MR) is 190 cm³/mol. The van der Waals surface area contributed by atoms with Crippen LogP contribution < -0.4 is 23.4 Å². The number of nitrogens with zero attached hydrogens (tertiary/aromatic N) is 4. The molecule has 10 heteroatoms. The molecular formula is C36H36AlBrN4O4+. The van der Waals surface area contributed by atoms with E-state index in [2.05, 4.69) is 106 Å². The number of methoxy groups -OCH3 is 1. The van der Waals surface area contributed by atoms with Crippen molar-refractivity contribution in [1.82, 2.24) is 4.58 Å². The average Bonchev–Trinajstić information content (AvgIpc) is 3.18. The highest BCUT2D eigenvalue weighted by Crippen LogP contribution is 2.42. The molecule has 0 amide bonds. The molecule has 3 aromatic carbocycles. The van der Waals surface area contributed by atoms with Gasteiger partial charge in [0.05, 0.1) is 19.4 Å². The minimum Gasteiger partial charge on any atom is -0.613 e. The van der Waals surface area contributed by atoms with Crippen LogP contribution in [0.5, 0.6) is 11.5 Å². The summed E-state index contributed by atoms with van der Waals surface area (Å²) in [6.45, 7) is 12.3. The fourth-order valence-corrected chi connectivity index (χ4v) is 7.10. The Labute approximate surface area is 284 Å². The highest BCUT2D eigenvalue weighted by atomic mass is 79.9. The van der Waals surface area contributed by atoms with Crippen molar-refractivity contribution in [1.29, 1.82) is 0 Å². The molecule has 1 aliphatic carbocycles. The maximum absolute atomic E-state index is 6.70. The molecule has 0 aromatic heterocycles. The molecular weight excluding hydrogens is 659 g/mol. The second kappa shape index (κ2) is 14.1. The Kier molecular flexibility index (Phi) is 9.79. The lowest BCUT2D eigenvalue weighted by Crippen LogP contribution is -2.29. The van der Waals surface area contributed by atoms with E-state index in [0.29, 0.717) is 17.4 Å². The average molecular weight is 696 g/mol. The summed E-state index contributed by atoms with van der Waals surface area (Å²) in [6.07, 6.45) is 1.66. The number of hydrogen-bond donors (Lipinski definition) is 0. The number of fused-ring (bicyclic) bond motifs is 3. The van der Waals surface area contributed by atoms with Crippen molar-refractivity contribution in [2.45, 2.75) is 27.7 Å². The standard InChI is InChI=1S/C36H37BrN4O4.Al/c1-6-40(7-2)25-14-16-29-31(20-25)45-32-21-26(41(8-3)9-4)15-17-30(32)34(29)27-12-10-11-13-28(27)36(43)39-38-22-23-18-24(37)19-33(44-5)35(23)42;/h10-22,43H,6-9H2,1-5H3;/q;+2/p-1. The Hall–Kier alpha value is -4.10. The number of ether oxygens (including phenoxy) is 1. The van der Waals surface area contributed by atoms with Gasteiger partial charge in [0, 0.05) is 63.0 Å². The minimum absolute atomic E-state index is 0.384. The first kappa shape index (κ1) is 31.9. The first-order valence-corrected chi connectivity index (χ1v) is 17.3. The minimum atomic E-state index is -0.971. The highest BCUT2D eigenvalue weighted by molar-refractivity contribution is 9.10. The summed E-state index contributed by atoms with van der Waals surface area (Å²) in [4.78, 5) is 2.32.